The zero-order valence-electron chi connectivity index (χ0n) is 16.1. The molecule has 0 saturated carbocycles. The zero-order chi connectivity index (χ0) is 19.5. The maximum Gasteiger partial charge on any atom is 0.131 e. The second-order valence-electron chi connectivity index (χ2n) is 7.49. The van der Waals surface area contributed by atoms with Crippen LogP contribution in [0.3, 0.4) is 0 Å². The number of fused-ring (bicyclic) bond motifs is 3. The van der Waals surface area contributed by atoms with Crippen LogP contribution in [0, 0.1) is 5.82 Å². The molecule has 0 bridgehead atoms. The third-order valence-electron chi connectivity index (χ3n) is 5.46. The Bertz CT molecular complexity index is 1110. The van der Waals surface area contributed by atoms with Gasteiger partial charge in [0.05, 0.1) is 0 Å². The molecule has 0 nitrogen and oxygen atoms in total. The van der Waals surface area contributed by atoms with Crippen LogP contribution in [-0.4, -0.2) is 0 Å². The van der Waals surface area contributed by atoms with Gasteiger partial charge in [0.1, 0.15) is 5.82 Å². The van der Waals surface area contributed by atoms with Gasteiger partial charge in [-0.05, 0) is 69.8 Å². The molecule has 28 heavy (non-hydrogen) atoms. The van der Waals surface area contributed by atoms with Gasteiger partial charge in [-0.3, -0.25) is 0 Å². The molecule has 0 N–H and O–H groups in total. The van der Waals surface area contributed by atoms with Gasteiger partial charge < -0.3 is 0 Å². The molecule has 0 aliphatic rings. The molecule has 0 saturated heterocycles. The van der Waals surface area contributed by atoms with E-state index in [1.54, 1.807) is 18.2 Å². The number of benzene rings is 4. The SMILES string of the molecule is CCCCCCc1ccc2c(ccc3cc(-c4ccc(Cl)cc4)c(F)cc32)c1. The van der Waals surface area contributed by atoms with Gasteiger partial charge in [-0.2, -0.15) is 0 Å². The van der Waals surface area contributed by atoms with Crippen molar-refractivity contribution in [3.05, 3.63) is 83.1 Å². The molecule has 0 aromatic heterocycles. The van der Waals surface area contributed by atoms with Gasteiger partial charge in [-0.25, -0.2) is 4.39 Å². The third-order valence-corrected chi connectivity index (χ3v) is 5.71. The molecular formula is C26H24ClF. The predicted molar refractivity (Wildman–Crippen MR) is 120 cm³/mol. The van der Waals surface area contributed by atoms with Gasteiger partial charge in [0.15, 0.2) is 0 Å². The Balaban J connectivity index is 1.71. The van der Waals surface area contributed by atoms with Crippen molar-refractivity contribution in [3.63, 3.8) is 0 Å². The molecular weight excluding hydrogens is 367 g/mol. The van der Waals surface area contributed by atoms with Crippen molar-refractivity contribution in [1.29, 1.82) is 0 Å². The first-order valence-electron chi connectivity index (χ1n) is 10.1. The highest BCUT2D eigenvalue weighted by atomic mass is 35.5. The lowest BCUT2D eigenvalue weighted by atomic mass is 9.95. The standard InChI is InChI=1S/C26H24ClF/c1-2-3-4-5-6-18-7-14-23-20(15-18)8-9-21-16-25(26(28)17-24(21)23)19-10-12-22(27)13-11-19/h7-17H,2-6H2,1H3. The van der Waals surface area contributed by atoms with Crippen molar-refractivity contribution in [1.82, 2.24) is 0 Å². The second kappa shape index (κ2) is 8.32. The molecule has 0 atom stereocenters. The maximum atomic E-state index is 14.9. The summed E-state index contributed by atoms with van der Waals surface area (Å²) in [6.45, 7) is 2.23. The molecule has 4 aromatic carbocycles. The van der Waals surface area contributed by atoms with Crippen molar-refractivity contribution in [3.8, 4) is 11.1 Å². The van der Waals surface area contributed by atoms with E-state index >= 15 is 0 Å². The normalized spacial score (nSPS) is 11.4. The summed E-state index contributed by atoms with van der Waals surface area (Å²) in [5.74, 6) is -0.203. The lowest BCUT2D eigenvalue weighted by Gasteiger charge is -2.10. The van der Waals surface area contributed by atoms with E-state index < -0.39 is 0 Å². The number of rotatable bonds is 6. The summed E-state index contributed by atoms with van der Waals surface area (Å²) in [5.41, 5.74) is 2.81. The lowest BCUT2D eigenvalue weighted by molar-refractivity contribution is 0.633. The molecule has 0 heterocycles. The van der Waals surface area contributed by atoms with E-state index in [0.29, 0.717) is 10.6 Å². The third kappa shape index (κ3) is 3.91. The summed E-state index contributed by atoms with van der Waals surface area (Å²) < 4.78 is 14.9. The van der Waals surface area contributed by atoms with E-state index in [2.05, 4.69) is 37.3 Å². The fourth-order valence-electron chi connectivity index (χ4n) is 3.90. The Morgan fingerprint density at radius 3 is 2.25 bits per heavy atom. The summed E-state index contributed by atoms with van der Waals surface area (Å²) >= 11 is 5.97. The molecule has 0 amide bonds. The molecule has 2 heteroatoms. The summed E-state index contributed by atoms with van der Waals surface area (Å²) in [6.07, 6.45) is 6.18. The van der Waals surface area contributed by atoms with E-state index in [1.807, 2.05) is 18.2 Å². The largest absolute Gasteiger partial charge is 0.206 e. The predicted octanol–water partition coefficient (Wildman–Crippen LogP) is 8.58. The van der Waals surface area contributed by atoms with Crippen LogP contribution in [0.25, 0.3) is 32.7 Å². The number of hydrogen-bond donors (Lipinski definition) is 0. The molecule has 0 radical (unpaired) electrons. The van der Waals surface area contributed by atoms with Crippen molar-refractivity contribution in [2.24, 2.45) is 0 Å². The van der Waals surface area contributed by atoms with Gasteiger partial charge >= 0.3 is 0 Å². The second-order valence-corrected chi connectivity index (χ2v) is 7.93. The van der Waals surface area contributed by atoms with Crippen molar-refractivity contribution in [2.75, 3.05) is 0 Å². The van der Waals surface area contributed by atoms with Crippen LogP contribution >= 0.6 is 11.6 Å². The molecule has 0 aliphatic heterocycles. The summed E-state index contributed by atoms with van der Waals surface area (Å²) in [4.78, 5) is 0. The van der Waals surface area contributed by atoms with Crippen LogP contribution in [0.15, 0.2) is 66.7 Å². The first-order chi connectivity index (χ1) is 13.7. The van der Waals surface area contributed by atoms with Crippen molar-refractivity contribution >= 4 is 33.1 Å². The molecule has 4 aromatic rings. The highest BCUT2D eigenvalue weighted by Crippen LogP contribution is 2.33. The quantitative estimate of drug-likeness (QED) is 0.228. The molecule has 4 rings (SSSR count). The van der Waals surface area contributed by atoms with Crippen LogP contribution in [0.2, 0.25) is 5.02 Å². The summed E-state index contributed by atoms with van der Waals surface area (Å²) in [7, 11) is 0. The fraction of sp³-hybridized carbons (Fsp3) is 0.231. The van der Waals surface area contributed by atoms with Gasteiger partial charge in [-0.1, -0.05) is 80.3 Å². The van der Waals surface area contributed by atoms with Gasteiger partial charge in [0.2, 0.25) is 0 Å². The monoisotopic (exact) mass is 390 g/mol. The Hall–Kier alpha value is -2.38. The minimum atomic E-state index is -0.203. The van der Waals surface area contributed by atoms with Gasteiger partial charge in [0.25, 0.3) is 0 Å². The van der Waals surface area contributed by atoms with Crippen molar-refractivity contribution in [2.45, 2.75) is 39.0 Å². The average molecular weight is 391 g/mol. The van der Waals surface area contributed by atoms with Crippen LogP contribution in [0.1, 0.15) is 38.2 Å². The van der Waals surface area contributed by atoms with Crippen LogP contribution in [0.5, 0.6) is 0 Å². The minimum Gasteiger partial charge on any atom is -0.206 e. The lowest BCUT2D eigenvalue weighted by Crippen LogP contribution is -1.89. The number of aryl methyl sites for hydroxylation is 1. The maximum absolute atomic E-state index is 14.9. The Morgan fingerprint density at radius 2 is 1.50 bits per heavy atom. The molecule has 0 spiro atoms. The molecule has 0 fully saturated rings. The average Bonchev–Trinajstić information content (AvgIpc) is 2.71. The smallest absolute Gasteiger partial charge is 0.131 e. The van der Waals surface area contributed by atoms with Gasteiger partial charge in [-0.15, -0.1) is 0 Å². The Kier molecular flexibility index (Phi) is 5.64. The van der Waals surface area contributed by atoms with Crippen LogP contribution in [0.4, 0.5) is 4.39 Å². The first kappa shape index (κ1) is 19.0. The highest BCUT2D eigenvalue weighted by molar-refractivity contribution is 6.30. The molecule has 0 aliphatic carbocycles. The topological polar surface area (TPSA) is 0 Å². The number of unbranched alkanes of at least 4 members (excludes halogenated alkanes) is 3. The molecule has 142 valence electrons. The minimum absolute atomic E-state index is 0.203. The highest BCUT2D eigenvalue weighted by Gasteiger charge is 2.10. The summed E-state index contributed by atoms with van der Waals surface area (Å²) in [6, 6.07) is 21.8. The fourth-order valence-corrected chi connectivity index (χ4v) is 4.02. The van der Waals surface area contributed by atoms with E-state index in [9.17, 15) is 4.39 Å². The van der Waals surface area contributed by atoms with Crippen LogP contribution in [-0.2, 0) is 6.42 Å². The summed E-state index contributed by atoms with van der Waals surface area (Å²) in [5, 5.41) is 4.96. The molecule has 0 unspecified atom stereocenters. The zero-order valence-corrected chi connectivity index (χ0v) is 16.9. The van der Waals surface area contributed by atoms with E-state index in [4.69, 9.17) is 11.6 Å². The Labute approximate surface area is 171 Å². The Morgan fingerprint density at radius 1 is 0.750 bits per heavy atom. The first-order valence-corrected chi connectivity index (χ1v) is 10.4. The van der Waals surface area contributed by atoms with Gasteiger partial charge in [0, 0.05) is 10.6 Å². The van der Waals surface area contributed by atoms with Crippen LogP contribution < -0.4 is 0 Å². The number of halogens is 2. The van der Waals surface area contributed by atoms with E-state index in [0.717, 1.165) is 28.1 Å². The van der Waals surface area contributed by atoms with E-state index in [-0.39, 0.29) is 5.82 Å². The number of hydrogen-bond acceptors (Lipinski definition) is 0. The van der Waals surface area contributed by atoms with Crippen molar-refractivity contribution < 1.29 is 4.39 Å². The van der Waals surface area contributed by atoms with E-state index in [1.165, 1.54) is 36.6 Å².